The second-order valence-corrected chi connectivity index (χ2v) is 8.90. The number of aryl methyl sites for hydroxylation is 1. The molecule has 0 unspecified atom stereocenters. The maximum atomic E-state index is 13.4. The first-order chi connectivity index (χ1) is 16.3. The Hall–Kier alpha value is -4.07. The van der Waals surface area contributed by atoms with Crippen molar-refractivity contribution in [1.29, 1.82) is 0 Å². The van der Waals surface area contributed by atoms with Crippen LogP contribution in [0.1, 0.15) is 25.0 Å². The fraction of sp³-hybridized carbons (Fsp3) is 0.231. The first kappa shape index (κ1) is 21.8. The van der Waals surface area contributed by atoms with Crippen molar-refractivity contribution in [3.05, 3.63) is 78.1 Å². The Labute approximate surface area is 196 Å². The van der Waals surface area contributed by atoms with Gasteiger partial charge in [0.15, 0.2) is 5.90 Å². The molecule has 0 saturated carbocycles. The lowest BCUT2D eigenvalue weighted by molar-refractivity contribution is 0.275. The van der Waals surface area contributed by atoms with Crippen molar-refractivity contribution in [2.24, 2.45) is 4.99 Å². The van der Waals surface area contributed by atoms with Crippen LogP contribution in [0.15, 0.2) is 66.2 Å². The normalized spacial score (nSPS) is 14.5. The van der Waals surface area contributed by atoms with E-state index in [2.05, 4.69) is 45.2 Å². The number of pyridine rings is 1. The van der Waals surface area contributed by atoms with Crippen LogP contribution < -0.4 is 10.1 Å². The number of hydrogen-bond donors (Lipinski definition) is 1. The summed E-state index contributed by atoms with van der Waals surface area (Å²) in [5.41, 5.74) is 3.46. The van der Waals surface area contributed by atoms with Gasteiger partial charge in [0, 0.05) is 23.6 Å². The van der Waals surface area contributed by atoms with Crippen molar-refractivity contribution >= 4 is 28.3 Å². The molecule has 0 amide bonds. The number of ether oxygens (including phenoxy) is 2. The van der Waals surface area contributed by atoms with Crippen LogP contribution in [-0.2, 0) is 11.2 Å². The van der Waals surface area contributed by atoms with Crippen LogP contribution >= 0.6 is 0 Å². The minimum absolute atomic E-state index is 0.180. The van der Waals surface area contributed by atoms with Gasteiger partial charge in [0.1, 0.15) is 36.1 Å². The molecule has 7 nitrogen and oxygen atoms in total. The zero-order chi connectivity index (χ0) is 23.7. The summed E-state index contributed by atoms with van der Waals surface area (Å²) in [4.78, 5) is 17.3. The largest absolute Gasteiger partial charge is 0.478 e. The summed E-state index contributed by atoms with van der Waals surface area (Å²) >= 11 is 0. The lowest BCUT2D eigenvalue weighted by Crippen LogP contribution is -2.17. The summed E-state index contributed by atoms with van der Waals surface area (Å²) < 4.78 is 24.9. The summed E-state index contributed by atoms with van der Waals surface area (Å²) in [5, 5.41) is 4.29. The molecule has 0 fully saturated rings. The van der Waals surface area contributed by atoms with Crippen LogP contribution in [-0.4, -0.2) is 33.0 Å². The monoisotopic (exact) mass is 457 g/mol. The zero-order valence-corrected chi connectivity index (χ0v) is 19.2. The van der Waals surface area contributed by atoms with E-state index in [0.29, 0.717) is 30.3 Å². The number of anilines is 2. The van der Waals surface area contributed by atoms with E-state index in [9.17, 15) is 4.39 Å². The highest BCUT2D eigenvalue weighted by atomic mass is 19.1. The molecule has 172 valence electrons. The Morgan fingerprint density at radius 1 is 1.09 bits per heavy atom. The van der Waals surface area contributed by atoms with Crippen LogP contribution in [0, 0.1) is 12.7 Å². The van der Waals surface area contributed by atoms with Gasteiger partial charge in [-0.15, -0.1) is 0 Å². The van der Waals surface area contributed by atoms with Crippen molar-refractivity contribution in [3.63, 3.8) is 0 Å². The van der Waals surface area contributed by atoms with Crippen LogP contribution in [0.5, 0.6) is 11.5 Å². The van der Waals surface area contributed by atoms with Crippen molar-refractivity contribution in [2.75, 3.05) is 11.9 Å². The van der Waals surface area contributed by atoms with Gasteiger partial charge in [-0.3, -0.25) is 4.98 Å². The zero-order valence-electron chi connectivity index (χ0n) is 19.2. The maximum Gasteiger partial charge on any atom is 0.188 e. The van der Waals surface area contributed by atoms with Gasteiger partial charge in [-0.2, -0.15) is 0 Å². The molecule has 0 saturated heterocycles. The highest BCUT2D eigenvalue weighted by Gasteiger charge is 2.26. The van der Waals surface area contributed by atoms with E-state index in [-0.39, 0.29) is 5.54 Å². The predicted molar refractivity (Wildman–Crippen MR) is 129 cm³/mol. The first-order valence-corrected chi connectivity index (χ1v) is 11.0. The minimum Gasteiger partial charge on any atom is -0.478 e. The average Bonchev–Trinajstić information content (AvgIpc) is 3.14. The second-order valence-electron chi connectivity index (χ2n) is 8.90. The number of nitrogens with one attached hydrogen (secondary N) is 1. The van der Waals surface area contributed by atoms with Crippen LogP contribution in [0.4, 0.5) is 15.9 Å². The molecule has 3 heterocycles. The SMILES string of the molecule is Cc1cc(Nc2ncnc3ccc(CC4=NC(C)(C)CO4)cc23)ccc1Oc1cncc(F)c1. The molecule has 0 radical (unpaired) electrons. The lowest BCUT2D eigenvalue weighted by Gasteiger charge is -2.13. The highest BCUT2D eigenvalue weighted by Crippen LogP contribution is 2.30. The number of halogens is 1. The average molecular weight is 458 g/mol. The third-order valence-electron chi connectivity index (χ3n) is 5.42. The molecule has 0 bridgehead atoms. The molecule has 1 aliphatic rings. The Morgan fingerprint density at radius 2 is 1.97 bits per heavy atom. The van der Waals surface area contributed by atoms with Gasteiger partial charge >= 0.3 is 0 Å². The molecule has 0 aliphatic carbocycles. The van der Waals surface area contributed by atoms with Gasteiger partial charge in [-0.05, 0) is 62.2 Å². The fourth-order valence-corrected chi connectivity index (χ4v) is 3.79. The van der Waals surface area contributed by atoms with Crippen LogP contribution in [0.3, 0.4) is 0 Å². The number of benzene rings is 2. The van der Waals surface area contributed by atoms with E-state index in [4.69, 9.17) is 9.47 Å². The van der Waals surface area contributed by atoms with E-state index in [1.54, 1.807) is 0 Å². The van der Waals surface area contributed by atoms with Gasteiger partial charge in [0.2, 0.25) is 0 Å². The van der Waals surface area contributed by atoms with Gasteiger partial charge < -0.3 is 14.8 Å². The molecule has 2 aromatic heterocycles. The van der Waals surface area contributed by atoms with E-state index >= 15 is 0 Å². The van der Waals surface area contributed by atoms with Crippen molar-refractivity contribution < 1.29 is 13.9 Å². The summed E-state index contributed by atoms with van der Waals surface area (Å²) in [6.07, 6.45) is 4.77. The number of aliphatic imine (C=N–C) groups is 1. The summed E-state index contributed by atoms with van der Waals surface area (Å²) in [7, 11) is 0. The Kier molecular flexibility index (Phi) is 5.57. The van der Waals surface area contributed by atoms with E-state index < -0.39 is 5.82 Å². The Bertz CT molecular complexity index is 1400. The molecular formula is C26H24FN5O2. The van der Waals surface area contributed by atoms with Gasteiger partial charge in [-0.25, -0.2) is 19.4 Å². The standard InChI is InChI=1S/C26H24FN5O2/c1-16-8-19(5-7-23(16)34-20-11-18(27)12-28-13-20)31-25-21-9-17(4-6-22(21)29-15-30-25)10-24-32-26(2,3)14-33-24/h4-9,11-13,15H,10,14H2,1-3H3,(H,29,30,31). The summed E-state index contributed by atoms with van der Waals surface area (Å²) in [6.45, 7) is 6.64. The van der Waals surface area contributed by atoms with E-state index in [1.165, 1.54) is 18.6 Å². The number of nitrogens with zero attached hydrogens (tertiary/aromatic N) is 4. The number of rotatable bonds is 6. The minimum atomic E-state index is -0.446. The number of hydrogen-bond acceptors (Lipinski definition) is 7. The van der Waals surface area contributed by atoms with Gasteiger partial charge in [0.25, 0.3) is 0 Å². The third kappa shape index (κ3) is 4.80. The fourth-order valence-electron chi connectivity index (χ4n) is 3.79. The molecule has 4 aromatic rings. The number of fused-ring (bicyclic) bond motifs is 1. The van der Waals surface area contributed by atoms with Crippen molar-refractivity contribution in [1.82, 2.24) is 15.0 Å². The van der Waals surface area contributed by atoms with Crippen molar-refractivity contribution in [2.45, 2.75) is 32.7 Å². The summed E-state index contributed by atoms with van der Waals surface area (Å²) in [6, 6.07) is 13.0. The molecule has 34 heavy (non-hydrogen) atoms. The van der Waals surface area contributed by atoms with Crippen molar-refractivity contribution in [3.8, 4) is 11.5 Å². The lowest BCUT2D eigenvalue weighted by atomic mass is 10.1. The van der Waals surface area contributed by atoms with Gasteiger partial charge in [-0.1, -0.05) is 6.07 Å². The maximum absolute atomic E-state index is 13.4. The number of aromatic nitrogens is 3. The van der Waals surface area contributed by atoms with Crippen LogP contribution in [0.2, 0.25) is 0 Å². The quantitative estimate of drug-likeness (QED) is 0.397. The smallest absolute Gasteiger partial charge is 0.188 e. The van der Waals surface area contributed by atoms with E-state index in [0.717, 1.165) is 39.8 Å². The van der Waals surface area contributed by atoms with E-state index in [1.807, 2.05) is 37.3 Å². The Morgan fingerprint density at radius 3 is 2.74 bits per heavy atom. The van der Waals surface area contributed by atoms with Gasteiger partial charge in [0.05, 0.1) is 23.4 Å². The third-order valence-corrected chi connectivity index (χ3v) is 5.42. The highest BCUT2D eigenvalue weighted by molar-refractivity contribution is 5.92. The molecule has 0 atom stereocenters. The Balaban J connectivity index is 1.38. The molecule has 1 N–H and O–H groups in total. The molecule has 8 heteroatoms. The molecular weight excluding hydrogens is 433 g/mol. The predicted octanol–water partition coefficient (Wildman–Crippen LogP) is 5.76. The second kappa shape index (κ2) is 8.70. The first-order valence-electron chi connectivity index (χ1n) is 11.0. The molecule has 1 aliphatic heterocycles. The molecule has 5 rings (SSSR count). The molecule has 0 spiro atoms. The van der Waals surface area contributed by atoms with Crippen LogP contribution in [0.25, 0.3) is 10.9 Å². The summed E-state index contributed by atoms with van der Waals surface area (Å²) in [5.74, 6) is 1.96. The molecule has 2 aromatic carbocycles. The topological polar surface area (TPSA) is 81.5 Å².